The van der Waals surface area contributed by atoms with Crippen LogP contribution in [-0.2, 0) is 0 Å². The molecule has 1 aromatic heterocycles. The van der Waals surface area contributed by atoms with Crippen LogP contribution < -0.4 is 20.7 Å². The molecule has 7 nitrogen and oxygen atoms in total. The number of hydrazine groups is 1. The lowest BCUT2D eigenvalue weighted by Crippen LogP contribution is -2.17. The number of nitrogens with zero attached hydrogens (tertiary/aromatic N) is 3. The van der Waals surface area contributed by atoms with Crippen LogP contribution in [0.15, 0.2) is 0 Å². The van der Waals surface area contributed by atoms with Gasteiger partial charge in [0, 0.05) is 0 Å². The third-order valence-corrected chi connectivity index (χ3v) is 3.08. The fraction of sp³-hybridized carbons (Fsp3) is 0.727. The Balaban J connectivity index is 1.94. The summed E-state index contributed by atoms with van der Waals surface area (Å²) in [4.78, 5) is 12.0. The Kier molecular flexibility index (Phi) is 4.52. The number of nitrogens with one attached hydrogen (secondary N) is 1. The zero-order chi connectivity index (χ0) is 12.8. The SMILES string of the molecule is COc1nc(NN)nc(OCC2CCCCC2)n1. The summed E-state index contributed by atoms with van der Waals surface area (Å²) in [7, 11) is 1.49. The van der Waals surface area contributed by atoms with Crippen molar-refractivity contribution in [2.24, 2.45) is 11.8 Å². The molecule has 1 aromatic rings. The molecule has 0 aromatic carbocycles. The first-order valence-corrected chi connectivity index (χ1v) is 6.21. The third-order valence-electron chi connectivity index (χ3n) is 3.08. The average Bonchev–Trinajstić information content (AvgIpc) is 2.45. The highest BCUT2D eigenvalue weighted by Gasteiger charge is 2.15. The summed E-state index contributed by atoms with van der Waals surface area (Å²) in [5, 5.41) is 0. The summed E-state index contributed by atoms with van der Waals surface area (Å²) in [5.41, 5.74) is 2.36. The van der Waals surface area contributed by atoms with Crippen molar-refractivity contribution in [2.45, 2.75) is 32.1 Å². The smallest absolute Gasteiger partial charge is 0.324 e. The van der Waals surface area contributed by atoms with E-state index in [1.165, 1.54) is 39.2 Å². The first-order chi connectivity index (χ1) is 8.81. The van der Waals surface area contributed by atoms with E-state index in [1.54, 1.807) is 0 Å². The number of anilines is 1. The Labute approximate surface area is 106 Å². The van der Waals surface area contributed by atoms with Crippen LogP contribution in [0.2, 0.25) is 0 Å². The highest BCUT2D eigenvalue weighted by atomic mass is 16.5. The maximum absolute atomic E-state index is 5.59. The van der Waals surface area contributed by atoms with Gasteiger partial charge < -0.3 is 9.47 Å². The number of ether oxygens (including phenoxy) is 2. The van der Waals surface area contributed by atoms with Crippen LogP contribution in [0.4, 0.5) is 5.95 Å². The number of hydrogen-bond donors (Lipinski definition) is 2. The monoisotopic (exact) mass is 253 g/mol. The number of methoxy groups -OCH3 is 1. The molecule has 0 radical (unpaired) electrons. The molecular weight excluding hydrogens is 234 g/mol. The average molecular weight is 253 g/mol. The van der Waals surface area contributed by atoms with E-state index in [0.29, 0.717) is 12.5 Å². The Morgan fingerprint density at radius 3 is 2.56 bits per heavy atom. The van der Waals surface area contributed by atoms with Gasteiger partial charge in [0.1, 0.15) is 0 Å². The van der Waals surface area contributed by atoms with E-state index in [4.69, 9.17) is 15.3 Å². The molecule has 0 unspecified atom stereocenters. The number of rotatable bonds is 5. The first kappa shape index (κ1) is 12.8. The lowest BCUT2D eigenvalue weighted by Gasteiger charge is -2.21. The first-order valence-electron chi connectivity index (χ1n) is 6.21. The van der Waals surface area contributed by atoms with Gasteiger partial charge in [0.2, 0.25) is 5.95 Å². The van der Waals surface area contributed by atoms with Crippen molar-refractivity contribution in [1.29, 1.82) is 0 Å². The van der Waals surface area contributed by atoms with E-state index in [-0.39, 0.29) is 18.0 Å². The number of nitrogens with two attached hydrogens (primary N) is 1. The van der Waals surface area contributed by atoms with Gasteiger partial charge in [-0.05, 0) is 18.8 Å². The fourth-order valence-corrected chi connectivity index (χ4v) is 2.10. The van der Waals surface area contributed by atoms with E-state index >= 15 is 0 Å². The molecule has 100 valence electrons. The van der Waals surface area contributed by atoms with E-state index < -0.39 is 0 Å². The quantitative estimate of drug-likeness (QED) is 0.599. The van der Waals surface area contributed by atoms with Crippen molar-refractivity contribution in [3.63, 3.8) is 0 Å². The highest BCUT2D eigenvalue weighted by Crippen LogP contribution is 2.24. The van der Waals surface area contributed by atoms with E-state index in [1.807, 2.05) is 0 Å². The Hall–Kier alpha value is -1.63. The summed E-state index contributed by atoms with van der Waals surface area (Å²) in [6, 6.07) is 0.442. The molecule has 1 heterocycles. The topological polar surface area (TPSA) is 95.2 Å². The molecule has 18 heavy (non-hydrogen) atoms. The molecule has 2 rings (SSSR count). The zero-order valence-electron chi connectivity index (χ0n) is 10.6. The van der Waals surface area contributed by atoms with Crippen LogP contribution >= 0.6 is 0 Å². The van der Waals surface area contributed by atoms with Gasteiger partial charge in [-0.3, -0.25) is 5.43 Å². The van der Waals surface area contributed by atoms with Gasteiger partial charge in [0.05, 0.1) is 13.7 Å². The molecule has 3 N–H and O–H groups in total. The molecule has 0 bridgehead atoms. The van der Waals surface area contributed by atoms with Crippen LogP contribution in [0, 0.1) is 5.92 Å². The fourth-order valence-electron chi connectivity index (χ4n) is 2.10. The lowest BCUT2D eigenvalue weighted by molar-refractivity contribution is 0.193. The second-order valence-corrected chi connectivity index (χ2v) is 4.39. The maximum atomic E-state index is 5.59. The van der Waals surface area contributed by atoms with Gasteiger partial charge in [-0.2, -0.15) is 9.97 Å². The molecule has 1 fully saturated rings. The summed E-state index contributed by atoms with van der Waals surface area (Å²) < 4.78 is 10.5. The van der Waals surface area contributed by atoms with Crippen molar-refractivity contribution in [3.05, 3.63) is 0 Å². The van der Waals surface area contributed by atoms with Gasteiger partial charge in [-0.1, -0.05) is 19.3 Å². The van der Waals surface area contributed by atoms with Crippen LogP contribution in [0.1, 0.15) is 32.1 Å². The maximum Gasteiger partial charge on any atom is 0.324 e. The predicted octanol–water partition coefficient (Wildman–Crippen LogP) is 1.12. The molecule has 0 aliphatic heterocycles. The normalized spacial score (nSPS) is 16.3. The van der Waals surface area contributed by atoms with Gasteiger partial charge in [-0.25, -0.2) is 5.84 Å². The largest absolute Gasteiger partial charge is 0.467 e. The second kappa shape index (κ2) is 6.34. The van der Waals surface area contributed by atoms with Gasteiger partial charge >= 0.3 is 12.0 Å². The standard InChI is InChI=1S/C11H19N5O2/c1-17-10-13-9(16-12)14-11(15-10)18-7-8-5-3-2-4-6-8/h8H,2-7,12H2,1H3,(H,13,14,15,16). The predicted molar refractivity (Wildman–Crippen MR) is 66.3 cm³/mol. The number of hydrogen-bond acceptors (Lipinski definition) is 7. The molecule has 7 heteroatoms. The second-order valence-electron chi connectivity index (χ2n) is 4.39. The minimum atomic E-state index is 0.191. The molecule has 1 aliphatic carbocycles. The Bertz CT molecular complexity index is 359. The van der Waals surface area contributed by atoms with Gasteiger partial charge in [0.25, 0.3) is 0 Å². The van der Waals surface area contributed by atoms with Crippen molar-refractivity contribution in [2.75, 3.05) is 19.1 Å². The van der Waals surface area contributed by atoms with Crippen LogP contribution in [-0.4, -0.2) is 28.7 Å². The number of aromatic nitrogens is 3. The molecular formula is C11H19N5O2. The lowest BCUT2D eigenvalue weighted by atomic mass is 9.90. The minimum absolute atomic E-state index is 0.191. The van der Waals surface area contributed by atoms with Crippen molar-refractivity contribution in [1.82, 2.24) is 15.0 Å². The third kappa shape index (κ3) is 3.43. The number of nitrogen functional groups attached to an aromatic ring is 1. The molecule has 0 atom stereocenters. The van der Waals surface area contributed by atoms with Gasteiger partial charge in [0.15, 0.2) is 0 Å². The van der Waals surface area contributed by atoms with Crippen molar-refractivity contribution in [3.8, 4) is 12.0 Å². The highest BCUT2D eigenvalue weighted by molar-refractivity contribution is 5.25. The van der Waals surface area contributed by atoms with Gasteiger partial charge in [-0.15, -0.1) is 4.98 Å². The van der Waals surface area contributed by atoms with Crippen LogP contribution in [0.5, 0.6) is 12.0 Å². The van der Waals surface area contributed by atoms with E-state index in [2.05, 4.69) is 20.4 Å². The van der Waals surface area contributed by atoms with Crippen molar-refractivity contribution < 1.29 is 9.47 Å². The van der Waals surface area contributed by atoms with Crippen molar-refractivity contribution >= 4 is 5.95 Å². The molecule has 1 aliphatic rings. The Morgan fingerprint density at radius 1 is 1.17 bits per heavy atom. The van der Waals surface area contributed by atoms with E-state index in [0.717, 1.165) is 0 Å². The summed E-state index contributed by atoms with van der Waals surface area (Å²) in [6.07, 6.45) is 6.32. The minimum Gasteiger partial charge on any atom is -0.467 e. The van der Waals surface area contributed by atoms with Crippen LogP contribution in [0.25, 0.3) is 0 Å². The molecule has 0 saturated heterocycles. The molecule has 0 spiro atoms. The zero-order valence-corrected chi connectivity index (χ0v) is 10.6. The Morgan fingerprint density at radius 2 is 1.89 bits per heavy atom. The molecule has 1 saturated carbocycles. The molecule has 0 amide bonds. The summed E-state index contributed by atoms with van der Waals surface area (Å²) in [5.74, 6) is 6.10. The van der Waals surface area contributed by atoms with E-state index in [9.17, 15) is 0 Å². The van der Waals surface area contributed by atoms with Crippen LogP contribution in [0.3, 0.4) is 0 Å². The summed E-state index contributed by atoms with van der Waals surface area (Å²) >= 11 is 0. The summed E-state index contributed by atoms with van der Waals surface area (Å²) in [6.45, 7) is 0.636.